The molecule has 1 aromatic rings. The molecule has 96 valence electrons. The fourth-order valence-electron chi connectivity index (χ4n) is 1.29. The van der Waals surface area contributed by atoms with Gasteiger partial charge in [0.1, 0.15) is 10.7 Å². The van der Waals surface area contributed by atoms with Crippen LogP contribution in [0, 0.1) is 0 Å². The van der Waals surface area contributed by atoms with Crippen LogP contribution < -0.4 is 10.0 Å². The Kier molecular flexibility index (Phi) is 5.37. The third-order valence-electron chi connectivity index (χ3n) is 2.23. The summed E-state index contributed by atoms with van der Waals surface area (Å²) in [6.07, 6.45) is 3.16. The van der Waals surface area contributed by atoms with Crippen molar-refractivity contribution in [3.05, 3.63) is 18.3 Å². The molecule has 0 aliphatic carbocycles. The van der Waals surface area contributed by atoms with Gasteiger partial charge in [-0.15, -0.1) is 0 Å². The molecule has 0 aliphatic rings. The second-order valence-corrected chi connectivity index (χ2v) is 5.43. The Labute approximate surface area is 103 Å². The van der Waals surface area contributed by atoms with Crippen LogP contribution in [0.25, 0.3) is 0 Å². The predicted octanol–water partition coefficient (Wildman–Crippen LogP) is 1.59. The Hall–Kier alpha value is -1.14. The molecule has 1 heterocycles. The van der Waals surface area contributed by atoms with E-state index in [0.29, 0.717) is 12.4 Å². The number of pyridine rings is 1. The van der Waals surface area contributed by atoms with E-state index >= 15 is 0 Å². The van der Waals surface area contributed by atoms with Crippen LogP contribution in [-0.2, 0) is 10.0 Å². The Morgan fingerprint density at radius 2 is 2.06 bits per heavy atom. The summed E-state index contributed by atoms with van der Waals surface area (Å²) in [5, 5.41) is 3.01. The van der Waals surface area contributed by atoms with E-state index in [4.69, 9.17) is 0 Å². The summed E-state index contributed by atoms with van der Waals surface area (Å²) in [4.78, 5) is 4.24. The monoisotopic (exact) mass is 257 g/mol. The number of hydrogen-bond acceptors (Lipinski definition) is 4. The molecule has 5 nitrogen and oxygen atoms in total. The van der Waals surface area contributed by atoms with Crippen molar-refractivity contribution in [1.82, 2.24) is 9.71 Å². The normalized spacial score (nSPS) is 11.4. The van der Waals surface area contributed by atoms with Crippen LogP contribution in [0.5, 0.6) is 0 Å². The van der Waals surface area contributed by atoms with Gasteiger partial charge in [0.25, 0.3) is 0 Å². The maximum absolute atomic E-state index is 11.8. The fraction of sp³-hybridized carbons (Fsp3) is 0.545. The molecular formula is C11H19N3O2S. The number of nitrogens with zero attached hydrogens (tertiary/aromatic N) is 1. The van der Waals surface area contributed by atoms with Gasteiger partial charge in [0.05, 0.1) is 0 Å². The third-order valence-corrected chi connectivity index (χ3v) is 3.67. The number of anilines is 1. The molecular weight excluding hydrogens is 238 g/mol. The van der Waals surface area contributed by atoms with Crippen molar-refractivity contribution in [2.45, 2.75) is 31.6 Å². The average molecular weight is 257 g/mol. The SMILES string of the molecule is CCCCNS(=O)(=O)c1ccc(NCC)nc1. The van der Waals surface area contributed by atoms with E-state index in [2.05, 4.69) is 15.0 Å². The molecule has 0 amide bonds. The van der Waals surface area contributed by atoms with E-state index in [-0.39, 0.29) is 4.90 Å². The van der Waals surface area contributed by atoms with Gasteiger partial charge >= 0.3 is 0 Å². The summed E-state index contributed by atoms with van der Waals surface area (Å²) in [7, 11) is -3.40. The number of sulfonamides is 1. The molecule has 0 radical (unpaired) electrons. The van der Waals surface area contributed by atoms with Crippen molar-refractivity contribution < 1.29 is 8.42 Å². The summed E-state index contributed by atoms with van der Waals surface area (Å²) >= 11 is 0. The van der Waals surface area contributed by atoms with Crippen molar-refractivity contribution in [3.63, 3.8) is 0 Å². The van der Waals surface area contributed by atoms with Crippen molar-refractivity contribution in [2.24, 2.45) is 0 Å². The number of hydrogen-bond donors (Lipinski definition) is 2. The average Bonchev–Trinajstić information content (AvgIpc) is 2.30. The van der Waals surface area contributed by atoms with Crippen molar-refractivity contribution in [1.29, 1.82) is 0 Å². The molecule has 6 heteroatoms. The minimum absolute atomic E-state index is 0.204. The molecule has 0 aliphatic heterocycles. The quantitative estimate of drug-likeness (QED) is 0.728. The van der Waals surface area contributed by atoms with E-state index < -0.39 is 10.0 Å². The first-order valence-electron chi connectivity index (χ1n) is 5.79. The van der Waals surface area contributed by atoms with Crippen molar-refractivity contribution in [2.75, 3.05) is 18.4 Å². The molecule has 0 saturated heterocycles. The predicted molar refractivity (Wildman–Crippen MR) is 68.5 cm³/mol. The van der Waals surface area contributed by atoms with Crippen LogP contribution in [-0.4, -0.2) is 26.5 Å². The van der Waals surface area contributed by atoms with Gasteiger partial charge in [0.2, 0.25) is 10.0 Å². The first-order valence-corrected chi connectivity index (χ1v) is 7.28. The zero-order chi connectivity index (χ0) is 12.7. The molecule has 0 unspecified atom stereocenters. The summed E-state index contributed by atoms with van der Waals surface area (Å²) in [5.74, 6) is 0.681. The summed E-state index contributed by atoms with van der Waals surface area (Å²) in [6.45, 7) is 5.20. The van der Waals surface area contributed by atoms with Crippen molar-refractivity contribution >= 4 is 15.8 Å². The highest BCUT2D eigenvalue weighted by molar-refractivity contribution is 7.89. The third kappa shape index (κ3) is 4.32. The van der Waals surface area contributed by atoms with Gasteiger partial charge in [-0.1, -0.05) is 13.3 Å². The Morgan fingerprint density at radius 1 is 1.29 bits per heavy atom. The zero-order valence-corrected chi connectivity index (χ0v) is 11.0. The van der Waals surface area contributed by atoms with Gasteiger partial charge in [-0.25, -0.2) is 18.1 Å². The van der Waals surface area contributed by atoms with E-state index in [1.807, 2.05) is 13.8 Å². The topological polar surface area (TPSA) is 71.1 Å². The first-order chi connectivity index (χ1) is 8.10. The van der Waals surface area contributed by atoms with Crippen LogP contribution in [0.1, 0.15) is 26.7 Å². The highest BCUT2D eigenvalue weighted by Crippen LogP contribution is 2.10. The highest BCUT2D eigenvalue weighted by atomic mass is 32.2. The molecule has 2 N–H and O–H groups in total. The minimum atomic E-state index is -3.40. The number of nitrogens with one attached hydrogen (secondary N) is 2. The molecule has 1 rings (SSSR count). The Morgan fingerprint density at radius 3 is 2.59 bits per heavy atom. The van der Waals surface area contributed by atoms with E-state index in [9.17, 15) is 8.42 Å². The second-order valence-electron chi connectivity index (χ2n) is 3.66. The minimum Gasteiger partial charge on any atom is -0.370 e. The maximum Gasteiger partial charge on any atom is 0.242 e. The summed E-state index contributed by atoms with van der Waals surface area (Å²) in [5.41, 5.74) is 0. The second kappa shape index (κ2) is 6.56. The molecule has 0 atom stereocenters. The smallest absolute Gasteiger partial charge is 0.242 e. The zero-order valence-electron chi connectivity index (χ0n) is 10.2. The molecule has 0 fully saturated rings. The van der Waals surface area contributed by atoms with E-state index in [0.717, 1.165) is 19.4 Å². The lowest BCUT2D eigenvalue weighted by Crippen LogP contribution is -2.24. The number of unbranched alkanes of at least 4 members (excludes halogenated alkanes) is 1. The highest BCUT2D eigenvalue weighted by Gasteiger charge is 2.13. The largest absolute Gasteiger partial charge is 0.370 e. The standard InChI is InChI=1S/C11H19N3O2S/c1-3-5-8-14-17(15,16)10-6-7-11(12-4-2)13-9-10/h6-7,9,14H,3-5,8H2,1-2H3,(H,12,13). The van der Waals surface area contributed by atoms with Crippen LogP contribution in [0.15, 0.2) is 23.2 Å². The molecule has 0 aromatic carbocycles. The van der Waals surface area contributed by atoms with Crippen LogP contribution in [0.2, 0.25) is 0 Å². The van der Waals surface area contributed by atoms with Gasteiger partial charge < -0.3 is 5.32 Å². The van der Waals surface area contributed by atoms with Gasteiger partial charge in [0.15, 0.2) is 0 Å². The molecule has 0 bridgehead atoms. The lowest BCUT2D eigenvalue weighted by Gasteiger charge is -2.07. The maximum atomic E-state index is 11.8. The first kappa shape index (κ1) is 13.9. The van der Waals surface area contributed by atoms with Crippen molar-refractivity contribution in [3.8, 4) is 0 Å². The van der Waals surface area contributed by atoms with Gasteiger partial charge in [-0.05, 0) is 25.5 Å². The van der Waals surface area contributed by atoms with Gasteiger partial charge in [-0.3, -0.25) is 0 Å². The lowest BCUT2D eigenvalue weighted by molar-refractivity contribution is 0.578. The summed E-state index contributed by atoms with van der Waals surface area (Å²) in [6, 6.07) is 3.22. The van der Waals surface area contributed by atoms with E-state index in [1.165, 1.54) is 6.20 Å². The molecule has 1 aromatic heterocycles. The summed E-state index contributed by atoms with van der Waals surface area (Å²) < 4.78 is 26.1. The van der Waals surface area contributed by atoms with E-state index in [1.54, 1.807) is 12.1 Å². The van der Waals surface area contributed by atoms with Crippen LogP contribution >= 0.6 is 0 Å². The van der Waals surface area contributed by atoms with Gasteiger partial charge in [-0.2, -0.15) is 0 Å². The lowest BCUT2D eigenvalue weighted by atomic mass is 10.3. The Balaban J connectivity index is 2.71. The van der Waals surface area contributed by atoms with Crippen LogP contribution in [0.3, 0.4) is 0 Å². The number of aromatic nitrogens is 1. The number of rotatable bonds is 7. The fourth-order valence-corrected chi connectivity index (χ4v) is 2.31. The van der Waals surface area contributed by atoms with Crippen LogP contribution in [0.4, 0.5) is 5.82 Å². The molecule has 17 heavy (non-hydrogen) atoms. The molecule has 0 spiro atoms. The Bertz CT molecular complexity index is 429. The molecule has 0 saturated carbocycles. The van der Waals surface area contributed by atoms with Gasteiger partial charge in [0, 0.05) is 19.3 Å².